The topological polar surface area (TPSA) is 74.6 Å². The van der Waals surface area contributed by atoms with E-state index in [4.69, 9.17) is 23.2 Å². The van der Waals surface area contributed by atoms with Crippen LogP contribution in [0.15, 0.2) is 33.3 Å². The van der Waals surface area contributed by atoms with Gasteiger partial charge in [0.2, 0.25) is 0 Å². The summed E-state index contributed by atoms with van der Waals surface area (Å²) in [4.78, 5) is 24.9. The standard InChI is InChI=1S/C14H8Cl2O4/c15-5-1-2-6(16)10-9(5)13(19)11-7(17)3-4-8(18)12(11)14(10)20/h3-4,17-18H,1-2H2. The van der Waals surface area contributed by atoms with Gasteiger partial charge in [0.25, 0.3) is 0 Å². The molecule has 4 nitrogen and oxygen atoms in total. The Balaban J connectivity index is 2.43. The summed E-state index contributed by atoms with van der Waals surface area (Å²) >= 11 is 12.1. The molecule has 0 aromatic heterocycles. The molecule has 2 aliphatic rings. The van der Waals surface area contributed by atoms with Gasteiger partial charge in [0, 0.05) is 21.2 Å². The molecule has 2 aliphatic carbocycles. The smallest absolute Gasteiger partial charge is 0.199 e. The molecule has 0 fully saturated rings. The van der Waals surface area contributed by atoms with Crippen LogP contribution >= 0.6 is 23.2 Å². The zero-order valence-electron chi connectivity index (χ0n) is 10.0. The van der Waals surface area contributed by atoms with E-state index in [1.807, 2.05) is 0 Å². The van der Waals surface area contributed by atoms with Gasteiger partial charge in [-0.3, -0.25) is 9.59 Å². The van der Waals surface area contributed by atoms with Crippen molar-refractivity contribution in [2.24, 2.45) is 0 Å². The fourth-order valence-electron chi connectivity index (χ4n) is 2.50. The Bertz CT molecular complexity index is 681. The van der Waals surface area contributed by atoms with Crippen LogP contribution < -0.4 is 0 Å². The molecule has 0 unspecified atom stereocenters. The number of benzene rings is 1. The van der Waals surface area contributed by atoms with Crippen molar-refractivity contribution in [1.82, 2.24) is 0 Å². The number of hydrogen-bond acceptors (Lipinski definition) is 4. The summed E-state index contributed by atoms with van der Waals surface area (Å²) < 4.78 is 0. The highest BCUT2D eigenvalue weighted by Gasteiger charge is 2.41. The number of rotatable bonds is 0. The second kappa shape index (κ2) is 4.36. The SMILES string of the molecule is O=C1C2=C(Cl)CCC(Cl)=C2C(=O)c2c(O)ccc(O)c21. The van der Waals surface area contributed by atoms with Crippen molar-refractivity contribution in [1.29, 1.82) is 0 Å². The molecule has 1 aromatic carbocycles. The molecule has 102 valence electrons. The van der Waals surface area contributed by atoms with Gasteiger partial charge < -0.3 is 10.2 Å². The van der Waals surface area contributed by atoms with E-state index < -0.39 is 11.6 Å². The van der Waals surface area contributed by atoms with E-state index in [1.54, 1.807) is 0 Å². The minimum Gasteiger partial charge on any atom is -0.507 e. The Morgan fingerprint density at radius 2 is 1.15 bits per heavy atom. The van der Waals surface area contributed by atoms with Gasteiger partial charge in [-0.05, 0) is 25.0 Å². The first-order valence-electron chi connectivity index (χ1n) is 5.85. The number of aromatic hydroxyl groups is 2. The maximum atomic E-state index is 12.5. The normalized spacial score (nSPS) is 18.3. The Hall–Kier alpha value is -1.78. The largest absolute Gasteiger partial charge is 0.507 e. The predicted molar refractivity (Wildman–Crippen MR) is 73.4 cm³/mol. The van der Waals surface area contributed by atoms with Crippen molar-refractivity contribution in [3.8, 4) is 11.5 Å². The minimum absolute atomic E-state index is 0.0290. The van der Waals surface area contributed by atoms with Crippen LogP contribution in [0.4, 0.5) is 0 Å². The fraction of sp³-hybridized carbons (Fsp3) is 0.143. The van der Waals surface area contributed by atoms with Gasteiger partial charge in [-0.15, -0.1) is 0 Å². The molecule has 0 amide bonds. The number of Topliss-reactive ketones (excluding diaryl/α,β-unsaturated/α-hetero) is 2. The van der Waals surface area contributed by atoms with Crippen LogP contribution in [0.3, 0.4) is 0 Å². The van der Waals surface area contributed by atoms with Gasteiger partial charge in [0.1, 0.15) is 11.5 Å². The maximum Gasteiger partial charge on any atom is 0.199 e. The van der Waals surface area contributed by atoms with Gasteiger partial charge >= 0.3 is 0 Å². The van der Waals surface area contributed by atoms with Gasteiger partial charge in [0.15, 0.2) is 11.6 Å². The van der Waals surface area contributed by atoms with Crippen LogP contribution in [0, 0.1) is 0 Å². The van der Waals surface area contributed by atoms with E-state index in [-0.39, 0.29) is 43.8 Å². The number of carbonyl (C=O) groups is 2. The van der Waals surface area contributed by atoms with Crippen molar-refractivity contribution in [3.05, 3.63) is 44.5 Å². The number of ketones is 2. The maximum absolute atomic E-state index is 12.5. The van der Waals surface area contributed by atoms with Crippen molar-refractivity contribution >= 4 is 34.8 Å². The number of carbonyl (C=O) groups excluding carboxylic acids is 2. The number of fused-ring (bicyclic) bond motifs is 2. The summed E-state index contributed by atoms with van der Waals surface area (Å²) in [6.07, 6.45) is 0.736. The average molecular weight is 311 g/mol. The second-order valence-electron chi connectivity index (χ2n) is 4.57. The molecule has 6 heteroatoms. The predicted octanol–water partition coefficient (Wildman–Crippen LogP) is 3.26. The van der Waals surface area contributed by atoms with Crippen LogP contribution in [0.25, 0.3) is 0 Å². The molecule has 0 saturated heterocycles. The lowest BCUT2D eigenvalue weighted by Gasteiger charge is -2.25. The lowest BCUT2D eigenvalue weighted by molar-refractivity contribution is 0.0965. The van der Waals surface area contributed by atoms with E-state index >= 15 is 0 Å². The third kappa shape index (κ3) is 1.62. The molecule has 0 saturated carbocycles. The first kappa shape index (κ1) is 13.2. The molecule has 2 N–H and O–H groups in total. The fourth-order valence-corrected chi connectivity index (χ4v) is 3.05. The van der Waals surface area contributed by atoms with Crippen molar-refractivity contribution in [2.45, 2.75) is 12.8 Å². The summed E-state index contributed by atoms with van der Waals surface area (Å²) in [7, 11) is 0. The molecule has 3 rings (SSSR count). The van der Waals surface area contributed by atoms with Crippen LogP contribution in [0.5, 0.6) is 11.5 Å². The average Bonchev–Trinajstić information content (AvgIpc) is 2.41. The number of hydrogen-bond donors (Lipinski definition) is 2. The Kier molecular flexibility index (Phi) is 2.88. The van der Waals surface area contributed by atoms with E-state index in [9.17, 15) is 19.8 Å². The molecule has 0 heterocycles. The van der Waals surface area contributed by atoms with Crippen molar-refractivity contribution in [3.63, 3.8) is 0 Å². The quantitative estimate of drug-likeness (QED) is 0.721. The van der Waals surface area contributed by atoms with Gasteiger partial charge in [-0.25, -0.2) is 0 Å². The molecule has 1 aromatic rings. The van der Waals surface area contributed by atoms with Crippen LogP contribution in [-0.4, -0.2) is 21.8 Å². The molecule has 0 atom stereocenters. The third-order valence-corrected chi connectivity index (χ3v) is 4.18. The summed E-state index contributed by atoms with van der Waals surface area (Å²) in [6, 6.07) is 2.32. The molecule has 0 spiro atoms. The Labute approximate surface area is 123 Å². The summed E-state index contributed by atoms with van der Waals surface area (Å²) in [5, 5.41) is 20.1. The zero-order valence-corrected chi connectivity index (χ0v) is 11.5. The molecular weight excluding hydrogens is 303 g/mol. The van der Waals surface area contributed by atoms with Crippen LogP contribution in [0.1, 0.15) is 33.6 Å². The van der Waals surface area contributed by atoms with Crippen molar-refractivity contribution < 1.29 is 19.8 Å². The Morgan fingerprint density at radius 1 is 0.800 bits per heavy atom. The lowest BCUT2D eigenvalue weighted by atomic mass is 9.78. The first-order chi connectivity index (χ1) is 9.43. The van der Waals surface area contributed by atoms with E-state index in [0.717, 1.165) is 12.1 Å². The van der Waals surface area contributed by atoms with Gasteiger partial charge in [-0.2, -0.15) is 0 Å². The molecule has 0 bridgehead atoms. The molecule has 20 heavy (non-hydrogen) atoms. The molecule has 0 aliphatic heterocycles. The zero-order chi connectivity index (χ0) is 14.6. The number of allylic oxidation sites excluding steroid dienone is 4. The lowest BCUT2D eigenvalue weighted by Crippen LogP contribution is -2.26. The van der Waals surface area contributed by atoms with Crippen molar-refractivity contribution in [2.75, 3.05) is 0 Å². The molecular formula is C14H8Cl2O4. The van der Waals surface area contributed by atoms with E-state index in [1.165, 1.54) is 0 Å². The first-order valence-corrected chi connectivity index (χ1v) is 6.61. The number of phenols is 2. The number of phenolic OH excluding ortho intramolecular Hbond substituents is 2. The van der Waals surface area contributed by atoms with E-state index in [2.05, 4.69) is 0 Å². The van der Waals surface area contributed by atoms with Crippen LogP contribution in [-0.2, 0) is 0 Å². The van der Waals surface area contributed by atoms with Gasteiger partial charge in [-0.1, -0.05) is 23.2 Å². The summed E-state index contributed by atoms with van der Waals surface area (Å²) in [5.74, 6) is -1.92. The van der Waals surface area contributed by atoms with E-state index in [0.29, 0.717) is 12.8 Å². The third-order valence-electron chi connectivity index (χ3n) is 3.43. The monoisotopic (exact) mass is 310 g/mol. The second-order valence-corrected chi connectivity index (χ2v) is 5.48. The van der Waals surface area contributed by atoms with Gasteiger partial charge in [0.05, 0.1) is 11.1 Å². The summed E-state index contributed by atoms with van der Waals surface area (Å²) in [5.41, 5.74) is -0.390. The number of halogens is 2. The highest BCUT2D eigenvalue weighted by molar-refractivity contribution is 6.43. The highest BCUT2D eigenvalue weighted by Crippen LogP contribution is 2.45. The highest BCUT2D eigenvalue weighted by atomic mass is 35.5. The Morgan fingerprint density at radius 3 is 1.50 bits per heavy atom. The summed E-state index contributed by atoms with van der Waals surface area (Å²) in [6.45, 7) is 0. The van der Waals surface area contributed by atoms with Crippen LogP contribution in [0.2, 0.25) is 0 Å². The molecule has 0 radical (unpaired) electrons. The minimum atomic E-state index is -0.592.